The van der Waals surface area contributed by atoms with E-state index < -0.39 is 6.04 Å². The SMILES string of the molecule is CN1C(=O)CCC(N=C2NC(c3ccccc3)CS2)C1=O. The van der Waals surface area contributed by atoms with E-state index in [1.807, 2.05) is 18.2 Å². The molecule has 0 radical (unpaired) electrons. The molecule has 0 saturated carbocycles. The van der Waals surface area contributed by atoms with Crippen molar-refractivity contribution in [1.29, 1.82) is 0 Å². The van der Waals surface area contributed by atoms with Crippen LogP contribution in [0.15, 0.2) is 35.3 Å². The Morgan fingerprint density at radius 2 is 2.05 bits per heavy atom. The number of piperidine rings is 1. The van der Waals surface area contributed by atoms with E-state index in [4.69, 9.17) is 0 Å². The van der Waals surface area contributed by atoms with Gasteiger partial charge in [-0.15, -0.1) is 0 Å². The Balaban J connectivity index is 1.69. The topological polar surface area (TPSA) is 61.8 Å². The first-order valence-electron chi connectivity index (χ1n) is 6.97. The van der Waals surface area contributed by atoms with Crippen LogP contribution in [0.25, 0.3) is 0 Å². The minimum atomic E-state index is -0.433. The molecule has 2 aliphatic heterocycles. The third kappa shape index (κ3) is 2.95. The molecule has 1 aromatic rings. The van der Waals surface area contributed by atoms with E-state index in [2.05, 4.69) is 22.4 Å². The van der Waals surface area contributed by atoms with Crippen LogP contribution >= 0.6 is 11.8 Å². The molecular weight excluding hydrogens is 286 g/mol. The van der Waals surface area contributed by atoms with Gasteiger partial charge in [0.05, 0.1) is 6.04 Å². The Morgan fingerprint density at radius 3 is 2.81 bits per heavy atom. The van der Waals surface area contributed by atoms with Crippen LogP contribution in [0.4, 0.5) is 0 Å². The lowest BCUT2D eigenvalue weighted by Gasteiger charge is -2.25. The zero-order valence-electron chi connectivity index (χ0n) is 11.8. The number of hydrogen-bond acceptors (Lipinski definition) is 4. The van der Waals surface area contributed by atoms with E-state index in [0.717, 1.165) is 10.9 Å². The van der Waals surface area contributed by atoms with Gasteiger partial charge in [0.25, 0.3) is 5.91 Å². The van der Waals surface area contributed by atoms with Crippen molar-refractivity contribution in [2.75, 3.05) is 12.8 Å². The summed E-state index contributed by atoms with van der Waals surface area (Å²) >= 11 is 1.63. The monoisotopic (exact) mass is 303 g/mol. The highest BCUT2D eigenvalue weighted by molar-refractivity contribution is 8.14. The highest BCUT2D eigenvalue weighted by Crippen LogP contribution is 2.27. The lowest BCUT2D eigenvalue weighted by Crippen LogP contribution is -2.45. The molecule has 2 amide bonds. The summed E-state index contributed by atoms with van der Waals surface area (Å²) in [6.07, 6.45) is 0.889. The van der Waals surface area contributed by atoms with Gasteiger partial charge in [0, 0.05) is 19.2 Å². The second-order valence-electron chi connectivity index (χ2n) is 5.20. The van der Waals surface area contributed by atoms with Crippen molar-refractivity contribution in [3.8, 4) is 0 Å². The number of likely N-dealkylation sites (N-methyl/N-ethyl adjacent to an activating group) is 1. The van der Waals surface area contributed by atoms with Gasteiger partial charge in [-0.05, 0) is 12.0 Å². The fraction of sp³-hybridized carbons (Fsp3) is 0.400. The molecule has 2 fully saturated rings. The van der Waals surface area contributed by atoms with Gasteiger partial charge in [0.15, 0.2) is 5.17 Å². The summed E-state index contributed by atoms with van der Waals surface area (Å²) in [5.41, 5.74) is 1.22. The van der Waals surface area contributed by atoms with Crippen LogP contribution in [-0.2, 0) is 9.59 Å². The first-order chi connectivity index (χ1) is 10.1. The van der Waals surface area contributed by atoms with Gasteiger partial charge in [0.1, 0.15) is 6.04 Å². The molecule has 110 valence electrons. The summed E-state index contributed by atoms with van der Waals surface area (Å²) in [4.78, 5) is 29.2. The molecule has 1 N–H and O–H groups in total. The van der Waals surface area contributed by atoms with Gasteiger partial charge in [-0.25, -0.2) is 4.99 Å². The van der Waals surface area contributed by atoms with Crippen molar-refractivity contribution < 1.29 is 9.59 Å². The van der Waals surface area contributed by atoms with Crippen molar-refractivity contribution >= 4 is 28.7 Å². The van der Waals surface area contributed by atoms with E-state index in [1.54, 1.807) is 11.8 Å². The standard InChI is InChI=1S/C15H17N3O2S/c1-18-13(19)8-7-11(14(18)20)16-15-17-12(9-21-15)10-5-3-2-4-6-10/h2-6,11-12H,7-9H2,1H3,(H,16,17). The molecule has 2 heterocycles. The van der Waals surface area contributed by atoms with Gasteiger partial charge < -0.3 is 5.32 Å². The summed E-state index contributed by atoms with van der Waals surface area (Å²) in [5.74, 6) is 0.577. The number of carbonyl (C=O) groups excluding carboxylic acids is 2. The molecule has 6 heteroatoms. The van der Waals surface area contributed by atoms with Crippen LogP contribution in [-0.4, -0.2) is 40.7 Å². The third-order valence-corrected chi connectivity index (χ3v) is 4.78. The van der Waals surface area contributed by atoms with E-state index >= 15 is 0 Å². The fourth-order valence-corrected chi connectivity index (χ4v) is 3.52. The molecule has 0 bridgehead atoms. The van der Waals surface area contributed by atoms with Gasteiger partial charge in [-0.3, -0.25) is 14.5 Å². The molecule has 0 spiro atoms. The quantitative estimate of drug-likeness (QED) is 0.843. The van der Waals surface area contributed by atoms with E-state index in [0.29, 0.717) is 12.8 Å². The van der Waals surface area contributed by atoms with Crippen LogP contribution in [0, 0.1) is 0 Å². The molecule has 1 aromatic carbocycles. The van der Waals surface area contributed by atoms with Crippen LogP contribution in [0.2, 0.25) is 0 Å². The number of carbonyl (C=O) groups is 2. The average Bonchev–Trinajstić information content (AvgIpc) is 2.97. The normalized spacial score (nSPS) is 28.0. The van der Waals surface area contributed by atoms with Crippen molar-refractivity contribution in [3.05, 3.63) is 35.9 Å². The number of amidine groups is 1. The minimum absolute atomic E-state index is 0.120. The Bertz CT molecular complexity index is 588. The molecule has 2 saturated heterocycles. The zero-order valence-corrected chi connectivity index (χ0v) is 12.6. The third-order valence-electron chi connectivity index (χ3n) is 3.78. The van der Waals surface area contributed by atoms with Crippen molar-refractivity contribution in [1.82, 2.24) is 10.2 Å². The Morgan fingerprint density at radius 1 is 1.29 bits per heavy atom. The molecule has 3 rings (SSSR count). The van der Waals surface area contributed by atoms with Crippen molar-refractivity contribution in [2.24, 2.45) is 4.99 Å². The average molecular weight is 303 g/mol. The number of rotatable bonds is 2. The Labute approximate surface area is 127 Å². The number of aliphatic imine (C=N–C) groups is 1. The smallest absolute Gasteiger partial charge is 0.253 e. The predicted molar refractivity (Wildman–Crippen MR) is 83.0 cm³/mol. The summed E-state index contributed by atoms with van der Waals surface area (Å²) in [5, 5.41) is 4.15. The second-order valence-corrected chi connectivity index (χ2v) is 6.21. The highest BCUT2D eigenvalue weighted by Gasteiger charge is 2.33. The van der Waals surface area contributed by atoms with Crippen molar-refractivity contribution in [3.63, 3.8) is 0 Å². The molecule has 0 aliphatic carbocycles. The summed E-state index contributed by atoms with van der Waals surface area (Å²) in [7, 11) is 1.53. The number of nitrogens with one attached hydrogen (secondary N) is 1. The van der Waals surface area contributed by atoms with Gasteiger partial charge in [-0.2, -0.15) is 0 Å². The molecule has 2 aliphatic rings. The van der Waals surface area contributed by atoms with Crippen LogP contribution in [0.1, 0.15) is 24.4 Å². The first kappa shape index (κ1) is 14.1. The molecule has 0 aromatic heterocycles. The van der Waals surface area contributed by atoms with Gasteiger partial charge >= 0.3 is 0 Å². The number of amides is 2. The maximum atomic E-state index is 12.0. The summed E-state index contributed by atoms with van der Waals surface area (Å²) < 4.78 is 0. The fourth-order valence-electron chi connectivity index (χ4n) is 2.49. The number of hydrogen-bond donors (Lipinski definition) is 1. The van der Waals surface area contributed by atoms with Gasteiger partial charge in [-0.1, -0.05) is 42.1 Å². The second kappa shape index (κ2) is 5.89. The predicted octanol–water partition coefficient (Wildman–Crippen LogP) is 1.57. The largest absolute Gasteiger partial charge is 0.357 e. The maximum Gasteiger partial charge on any atom is 0.253 e. The summed E-state index contributed by atoms with van der Waals surface area (Å²) in [6.45, 7) is 0. The minimum Gasteiger partial charge on any atom is -0.357 e. The molecule has 2 atom stereocenters. The molecule has 21 heavy (non-hydrogen) atoms. The van der Waals surface area contributed by atoms with Crippen molar-refractivity contribution in [2.45, 2.75) is 24.9 Å². The zero-order chi connectivity index (χ0) is 14.8. The lowest BCUT2D eigenvalue weighted by atomic mass is 10.1. The van der Waals surface area contributed by atoms with E-state index in [1.165, 1.54) is 17.5 Å². The van der Waals surface area contributed by atoms with Gasteiger partial charge in [0.2, 0.25) is 5.91 Å². The highest BCUT2D eigenvalue weighted by atomic mass is 32.2. The molecule has 5 nitrogen and oxygen atoms in total. The number of imide groups is 1. The Hall–Kier alpha value is -1.82. The first-order valence-corrected chi connectivity index (χ1v) is 7.96. The number of likely N-dealkylation sites (tertiary alicyclic amines) is 1. The molecule has 2 unspecified atom stereocenters. The van der Waals surface area contributed by atoms with E-state index in [9.17, 15) is 9.59 Å². The number of nitrogens with zero attached hydrogens (tertiary/aromatic N) is 2. The maximum absolute atomic E-state index is 12.0. The van der Waals surface area contributed by atoms with Crippen LogP contribution in [0.3, 0.4) is 0 Å². The van der Waals surface area contributed by atoms with Crippen LogP contribution < -0.4 is 5.32 Å². The van der Waals surface area contributed by atoms with E-state index in [-0.39, 0.29) is 17.9 Å². The molecular formula is C15H17N3O2S. The number of thioether (sulfide) groups is 1. The number of benzene rings is 1. The summed E-state index contributed by atoms with van der Waals surface area (Å²) in [6, 6.07) is 9.99. The van der Waals surface area contributed by atoms with Crippen LogP contribution in [0.5, 0.6) is 0 Å². The lowest BCUT2D eigenvalue weighted by molar-refractivity contribution is -0.147. The Kier molecular flexibility index (Phi) is 3.96.